The molecule has 1 unspecified atom stereocenters. The molecule has 0 bridgehead atoms. The van der Waals surface area contributed by atoms with Crippen molar-refractivity contribution in [1.82, 2.24) is 0 Å². The fourth-order valence-electron chi connectivity index (χ4n) is 3.79. The fourth-order valence-corrected chi connectivity index (χ4v) is 5.06. The molecular formula is C25H22FNO3S. The van der Waals surface area contributed by atoms with Crippen molar-refractivity contribution >= 4 is 29.3 Å². The molecule has 4 nitrogen and oxygen atoms in total. The number of carboxylic acid groups (broad SMARTS) is 1. The third-order valence-electron chi connectivity index (χ3n) is 5.49. The molecule has 0 aromatic heterocycles. The lowest BCUT2D eigenvalue weighted by Gasteiger charge is -2.34. The Labute approximate surface area is 184 Å². The summed E-state index contributed by atoms with van der Waals surface area (Å²) >= 11 is 1.24. The number of fused-ring (bicyclic) bond motifs is 1. The minimum Gasteiger partial charge on any atom is -0.478 e. The summed E-state index contributed by atoms with van der Waals surface area (Å²) in [4.78, 5) is 26.7. The van der Waals surface area contributed by atoms with Crippen LogP contribution in [0.2, 0.25) is 0 Å². The number of thioether (sulfide) groups is 1. The monoisotopic (exact) mass is 435 g/mol. The van der Waals surface area contributed by atoms with Gasteiger partial charge in [-0.25, -0.2) is 9.18 Å². The largest absolute Gasteiger partial charge is 0.478 e. The van der Waals surface area contributed by atoms with Crippen LogP contribution >= 0.6 is 11.8 Å². The van der Waals surface area contributed by atoms with E-state index < -0.39 is 11.2 Å². The summed E-state index contributed by atoms with van der Waals surface area (Å²) in [6.07, 6.45) is 0.389. The lowest BCUT2D eigenvalue weighted by molar-refractivity contribution is -0.118. The van der Waals surface area contributed by atoms with Crippen LogP contribution < -0.4 is 4.90 Å². The first kappa shape index (κ1) is 21.1. The number of carbonyl (C=O) groups excluding carboxylic acids is 1. The molecule has 1 atom stereocenters. The molecule has 0 radical (unpaired) electrons. The number of amides is 1. The van der Waals surface area contributed by atoms with Gasteiger partial charge in [0.1, 0.15) is 5.82 Å². The maximum absolute atomic E-state index is 14.7. The molecule has 0 fully saturated rings. The summed E-state index contributed by atoms with van der Waals surface area (Å²) in [5.41, 5.74) is 4.88. The minimum atomic E-state index is -0.995. The van der Waals surface area contributed by atoms with E-state index in [4.69, 9.17) is 5.11 Å². The Morgan fingerprint density at radius 2 is 1.84 bits per heavy atom. The van der Waals surface area contributed by atoms with Crippen molar-refractivity contribution in [3.63, 3.8) is 0 Å². The number of anilines is 1. The van der Waals surface area contributed by atoms with Gasteiger partial charge in [-0.2, -0.15) is 0 Å². The molecule has 6 heteroatoms. The Hall–Kier alpha value is -3.12. The normalized spacial score (nSPS) is 15.6. The van der Waals surface area contributed by atoms with Gasteiger partial charge in [0.05, 0.1) is 27.9 Å². The van der Waals surface area contributed by atoms with Gasteiger partial charge >= 0.3 is 5.97 Å². The number of benzene rings is 3. The zero-order chi connectivity index (χ0) is 22.1. The van der Waals surface area contributed by atoms with Crippen LogP contribution in [0, 0.1) is 19.7 Å². The van der Waals surface area contributed by atoms with Gasteiger partial charge in [0.2, 0.25) is 5.91 Å². The van der Waals surface area contributed by atoms with Gasteiger partial charge < -0.3 is 10.0 Å². The number of nitrogens with zero attached hydrogens (tertiary/aromatic N) is 1. The van der Waals surface area contributed by atoms with Gasteiger partial charge in [0.25, 0.3) is 0 Å². The molecule has 0 aliphatic carbocycles. The van der Waals surface area contributed by atoms with E-state index in [1.807, 2.05) is 26.0 Å². The van der Waals surface area contributed by atoms with Crippen LogP contribution in [0.1, 0.15) is 32.6 Å². The first-order chi connectivity index (χ1) is 14.8. The molecule has 0 saturated carbocycles. The average molecular weight is 436 g/mol. The van der Waals surface area contributed by atoms with Gasteiger partial charge in [0, 0.05) is 0 Å². The van der Waals surface area contributed by atoms with Gasteiger partial charge in [-0.1, -0.05) is 42.0 Å². The predicted molar refractivity (Wildman–Crippen MR) is 120 cm³/mol. The molecule has 1 N–H and O–H groups in total. The number of aryl methyl sites for hydroxylation is 2. The molecule has 1 heterocycles. The van der Waals surface area contributed by atoms with Crippen LogP contribution in [0.3, 0.4) is 0 Å². The Balaban J connectivity index is 1.66. The number of hydrogen-bond acceptors (Lipinski definition) is 3. The molecule has 1 aliphatic rings. The second-order valence-electron chi connectivity index (χ2n) is 7.76. The average Bonchev–Trinajstić information content (AvgIpc) is 2.73. The number of hydrogen-bond donors (Lipinski definition) is 1. The van der Waals surface area contributed by atoms with Crippen LogP contribution in [0.4, 0.5) is 10.1 Å². The van der Waals surface area contributed by atoms with Crippen molar-refractivity contribution in [1.29, 1.82) is 0 Å². The number of carbonyl (C=O) groups is 2. The summed E-state index contributed by atoms with van der Waals surface area (Å²) in [6.45, 7) is 4.41. The standard InChI is InChI=1S/C25H22FNO3S/c1-15-6-9-19(16(2)12-15)14-27-21-5-3-4-20(26)23(21)31-22(24(27)28)13-17-7-10-18(11-8-17)25(29)30/h3-12,22H,13-14H2,1-2H3,(H,29,30). The molecule has 3 aromatic rings. The molecule has 0 saturated heterocycles. The Morgan fingerprint density at radius 1 is 1.10 bits per heavy atom. The Morgan fingerprint density at radius 3 is 2.52 bits per heavy atom. The van der Waals surface area contributed by atoms with E-state index in [9.17, 15) is 14.0 Å². The minimum absolute atomic E-state index is 0.0783. The quantitative estimate of drug-likeness (QED) is 0.584. The highest BCUT2D eigenvalue weighted by atomic mass is 32.2. The van der Waals surface area contributed by atoms with Gasteiger partial charge in [-0.3, -0.25) is 4.79 Å². The first-order valence-corrected chi connectivity index (χ1v) is 10.9. The second kappa shape index (κ2) is 8.55. The molecule has 0 spiro atoms. The maximum atomic E-state index is 14.7. The highest BCUT2D eigenvalue weighted by Gasteiger charge is 2.35. The third-order valence-corrected chi connectivity index (χ3v) is 6.78. The summed E-state index contributed by atoms with van der Waals surface area (Å²) in [6, 6.07) is 17.4. The molecule has 3 aromatic carbocycles. The van der Waals surface area contributed by atoms with Gasteiger partial charge in [0.15, 0.2) is 0 Å². The van der Waals surface area contributed by atoms with Crippen LogP contribution in [0.5, 0.6) is 0 Å². The van der Waals surface area contributed by atoms with Gasteiger partial charge in [-0.05, 0) is 61.2 Å². The van der Waals surface area contributed by atoms with E-state index in [0.29, 0.717) is 23.5 Å². The van der Waals surface area contributed by atoms with E-state index in [1.54, 1.807) is 29.2 Å². The zero-order valence-corrected chi connectivity index (χ0v) is 18.1. The third kappa shape index (κ3) is 4.35. The molecule has 1 amide bonds. The topological polar surface area (TPSA) is 57.6 Å². The Bertz CT molecular complexity index is 1160. The number of carboxylic acids is 1. The van der Waals surface area contributed by atoms with Crippen molar-refractivity contribution in [3.05, 3.63) is 94.3 Å². The van der Waals surface area contributed by atoms with E-state index in [-0.39, 0.29) is 17.3 Å². The highest BCUT2D eigenvalue weighted by molar-refractivity contribution is 8.01. The van der Waals surface area contributed by atoms with E-state index in [0.717, 1.165) is 22.3 Å². The van der Waals surface area contributed by atoms with Crippen molar-refractivity contribution in [2.75, 3.05) is 4.90 Å². The summed E-state index contributed by atoms with van der Waals surface area (Å²) in [5.74, 6) is -1.41. The van der Waals surface area contributed by atoms with Gasteiger partial charge in [-0.15, -0.1) is 11.8 Å². The molecular weight excluding hydrogens is 413 g/mol. The van der Waals surface area contributed by atoms with E-state index in [2.05, 4.69) is 6.07 Å². The fraction of sp³-hybridized carbons (Fsp3) is 0.200. The SMILES string of the molecule is Cc1ccc(CN2C(=O)C(Cc3ccc(C(=O)O)cc3)Sc3c(F)cccc32)c(C)c1. The van der Waals surface area contributed by atoms with Crippen molar-refractivity contribution in [2.24, 2.45) is 0 Å². The maximum Gasteiger partial charge on any atom is 0.335 e. The predicted octanol–water partition coefficient (Wildman–Crippen LogP) is 5.39. The summed E-state index contributed by atoms with van der Waals surface area (Å²) in [7, 11) is 0. The van der Waals surface area contributed by atoms with E-state index in [1.165, 1.54) is 30.0 Å². The number of halogens is 1. The van der Waals surface area contributed by atoms with Crippen LogP contribution in [0.15, 0.2) is 65.6 Å². The summed E-state index contributed by atoms with van der Waals surface area (Å²) < 4.78 is 14.7. The molecule has 4 rings (SSSR count). The van der Waals surface area contributed by atoms with Crippen molar-refractivity contribution in [3.8, 4) is 0 Å². The number of aromatic carboxylic acids is 1. The molecule has 158 valence electrons. The first-order valence-electron chi connectivity index (χ1n) is 9.98. The summed E-state index contributed by atoms with van der Waals surface area (Å²) in [5, 5.41) is 8.59. The van der Waals surface area contributed by atoms with Crippen molar-refractivity contribution in [2.45, 2.75) is 37.0 Å². The zero-order valence-electron chi connectivity index (χ0n) is 17.3. The number of rotatable bonds is 5. The van der Waals surface area contributed by atoms with Crippen molar-refractivity contribution < 1.29 is 19.1 Å². The lowest BCUT2D eigenvalue weighted by atomic mass is 10.0. The molecule has 31 heavy (non-hydrogen) atoms. The Kier molecular flexibility index (Phi) is 5.83. The lowest BCUT2D eigenvalue weighted by Crippen LogP contribution is -2.41. The molecule has 1 aliphatic heterocycles. The van der Waals surface area contributed by atoms with Crippen LogP contribution in [-0.4, -0.2) is 22.2 Å². The van der Waals surface area contributed by atoms with Crippen LogP contribution in [0.25, 0.3) is 0 Å². The van der Waals surface area contributed by atoms with Crippen LogP contribution in [-0.2, 0) is 17.8 Å². The second-order valence-corrected chi connectivity index (χ2v) is 8.97. The smallest absolute Gasteiger partial charge is 0.335 e. The van der Waals surface area contributed by atoms with E-state index >= 15 is 0 Å². The highest BCUT2D eigenvalue weighted by Crippen LogP contribution is 2.42.